The summed E-state index contributed by atoms with van der Waals surface area (Å²) in [5, 5.41) is 2.52. The smallest absolute Gasteiger partial charge is 0.416 e. The van der Waals surface area contributed by atoms with Gasteiger partial charge in [-0.3, -0.25) is 9.78 Å². The van der Waals surface area contributed by atoms with Crippen molar-refractivity contribution in [2.45, 2.75) is 32.0 Å². The summed E-state index contributed by atoms with van der Waals surface area (Å²) in [6.45, 7) is 3.55. The Kier molecular flexibility index (Phi) is 8.63. The Morgan fingerprint density at radius 2 is 1.91 bits per heavy atom. The Labute approximate surface area is 247 Å². The van der Waals surface area contributed by atoms with Crippen LogP contribution in [0, 0.1) is 5.82 Å². The van der Waals surface area contributed by atoms with Gasteiger partial charge in [0.1, 0.15) is 11.6 Å². The lowest BCUT2D eigenvalue weighted by Crippen LogP contribution is -2.34. The molecule has 1 N–H and O–H groups in total. The molecule has 0 unspecified atom stereocenters. The predicted octanol–water partition coefficient (Wildman–Crippen LogP) is 7.05. The van der Waals surface area contributed by atoms with Crippen molar-refractivity contribution >= 4 is 17.3 Å². The SMILES string of the molecule is CCc1cc(-c2cccnc2Oc2ccc(F)c(C(=O)Nc3cc(C(F)(F)F)ccc3N(C)[C@H]3CCN(C)C3)c2)ccn1. The number of nitrogens with one attached hydrogen (secondary N) is 1. The van der Waals surface area contributed by atoms with Crippen LogP contribution in [0.15, 0.2) is 73.1 Å². The van der Waals surface area contributed by atoms with E-state index in [1.54, 1.807) is 25.5 Å². The Hall–Kier alpha value is -4.51. The summed E-state index contributed by atoms with van der Waals surface area (Å²) in [6, 6.07) is 14.2. The van der Waals surface area contributed by atoms with E-state index in [1.165, 1.54) is 18.2 Å². The van der Waals surface area contributed by atoms with Gasteiger partial charge in [0.25, 0.3) is 5.91 Å². The molecule has 0 aliphatic carbocycles. The van der Waals surface area contributed by atoms with E-state index < -0.39 is 29.0 Å². The first-order valence-electron chi connectivity index (χ1n) is 13.8. The summed E-state index contributed by atoms with van der Waals surface area (Å²) in [7, 11) is 3.74. The van der Waals surface area contributed by atoms with Crippen LogP contribution in [0.25, 0.3) is 11.1 Å². The summed E-state index contributed by atoms with van der Waals surface area (Å²) in [6.07, 6.45) is 0.156. The van der Waals surface area contributed by atoms with Crippen LogP contribution < -0.4 is 15.0 Å². The molecule has 4 aromatic rings. The number of hydrogen-bond acceptors (Lipinski definition) is 6. The first kappa shape index (κ1) is 30.0. The number of amides is 1. The predicted molar refractivity (Wildman–Crippen MR) is 157 cm³/mol. The van der Waals surface area contributed by atoms with Gasteiger partial charge in [0.05, 0.1) is 22.5 Å². The van der Waals surface area contributed by atoms with Crippen molar-refractivity contribution in [3.05, 3.63) is 95.7 Å². The lowest BCUT2D eigenvalue weighted by Gasteiger charge is -2.29. The summed E-state index contributed by atoms with van der Waals surface area (Å²) >= 11 is 0. The number of pyridine rings is 2. The van der Waals surface area contributed by atoms with Crippen molar-refractivity contribution in [1.29, 1.82) is 0 Å². The first-order chi connectivity index (χ1) is 20.5. The van der Waals surface area contributed by atoms with Gasteiger partial charge >= 0.3 is 6.18 Å². The van der Waals surface area contributed by atoms with Gasteiger partial charge in [-0.15, -0.1) is 0 Å². The van der Waals surface area contributed by atoms with Gasteiger partial charge < -0.3 is 19.9 Å². The van der Waals surface area contributed by atoms with E-state index in [1.807, 2.05) is 37.1 Å². The summed E-state index contributed by atoms with van der Waals surface area (Å²) in [5.74, 6) is -1.40. The maximum atomic E-state index is 15.0. The minimum atomic E-state index is -4.63. The lowest BCUT2D eigenvalue weighted by atomic mass is 10.1. The zero-order chi connectivity index (χ0) is 30.7. The molecule has 5 rings (SSSR count). The molecule has 3 heterocycles. The first-order valence-corrected chi connectivity index (χ1v) is 13.8. The standard InChI is InChI=1S/C32H31F4N5O2/c1-4-22-16-20(11-14-37-22)25-6-5-13-38-31(25)43-24-8-9-27(33)26(18-24)30(42)39-28-17-21(32(34,35)36)7-10-29(28)41(3)23-12-15-40(2)19-23/h5-11,13-14,16-18,23H,4,12,15,19H2,1-3H3,(H,39,42)/t23-/m0/s1. The number of aromatic nitrogens is 2. The van der Waals surface area contributed by atoms with Crippen LogP contribution in [0.1, 0.15) is 35.0 Å². The number of hydrogen-bond donors (Lipinski definition) is 1. The molecule has 1 aliphatic rings. The third-order valence-electron chi connectivity index (χ3n) is 7.52. The van der Waals surface area contributed by atoms with Crippen molar-refractivity contribution in [3.63, 3.8) is 0 Å². The second kappa shape index (κ2) is 12.4. The number of halogens is 4. The molecule has 0 bridgehead atoms. The zero-order valence-corrected chi connectivity index (χ0v) is 24.0. The van der Waals surface area contributed by atoms with Crippen LogP contribution >= 0.6 is 0 Å². The molecule has 2 aromatic carbocycles. The Balaban J connectivity index is 1.44. The Bertz CT molecular complexity index is 1630. The number of anilines is 2. The molecular weight excluding hydrogens is 562 g/mol. The van der Waals surface area contributed by atoms with E-state index in [-0.39, 0.29) is 23.4 Å². The van der Waals surface area contributed by atoms with E-state index in [2.05, 4.69) is 20.2 Å². The van der Waals surface area contributed by atoms with Gasteiger partial charge in [-0.25, -0.2) is 9.37 Å². The average molecular weight is 594 g/mol. The largest absolute Gasteiger partial charge is 0.438 e. The van der Waals surface area contributed by atoms with Crippen LogP contribution in [0.2, 0.25) is 0 Å². The molecular formula is C32H31F4N5O2. The highest BCUT2D eigenvalue weighted by Gasteiger charge is 2.33. The Morgan fingerprint density at radius 1 is 1.09 bits per heavy atom. The van der Waals surface area contributed by atoms with Gasteiger partial charge in [-0.2, -0.15) is 13.2 Å². The van der Waals surface area contributed by atoms with E-state index in [4.69, 9.17) is 4.74 Å². The molecule has 1 amide bonds. The second-order valence-electron chi connectivity index (χ2n) is 10.5. The highest BCUT2D eigenvalue weighted by molar-refractivity contribution is 6.06. The molecule has 1 fully saturated rings. The van der Waals surface area contributed by atoms with E-state index >= 15 is 0 Å². The molecule has 11 heteroatoms. The van der Waals surface area contributed by atoms with Gasteiger partial charge in [-0.05, 0) is 92.7 Å². The molecule has 1 atom stereocenters. The fourth-order valence-electron chi connectivity index (χ4n) is 5.12. The van der Waals surface area contributed by atoms with Gasteiger partial charge in [0.2, 0.25) is 5.88 Å². The van der Waals surface area contributed by atoms with Crippen LogP contribution in [0.4, 0.5) is 28.9 Å². The number of carbonyl (C=O) groups excluding carboxylic acids is 1. The second-order valence-corrected chi connectivity index (χ2v) is 10.5. The highest BCUT2D eigenvalue weighted by Crippen LogP contribution is 2.37. The van der Waals surface area contributed by atoms with Crippen molar-refractivity contribution < 1.29 is 27.1 Å². The van der Waals surface area contributed by atoms with Crippen LogP contribution in [-0.4, -0.2) is 54.0 Å². The average Bonchev–Trinajstić information content (AvgIpc) is 3.43. The van der Waals surface area contributed by atoms with Gasteiger partial charge in [0, 0.05) is 43.3 Å². The summed E-state index contributed by atoms with van der Waals surface area (Å²) in [4.78, 5) is 26.0. The number of likely N-dealkylation sites (N-methyl/N-ethyl adjacent to an activating group) is 2. The number of rotatable bonds is 8. The summed E-state index contributed by atoms with van der Waals surface area (Å²) < 4.78 is 61.8. The number of likely N-dealkylation sites (tertiary alicyclic amines) is 1. The Morgan fingerprint density at radius 3 is 2.63 bits per heavy atom. The van der Waals surface area contributed by atoms with Crippen molar-refractivity contribution in [1.82, 2.24) is 14.9 Å². The molecule has 43 heavy (non-hydrogen) atoms. The molecule has 2 aromatic heterocycles. The van der Waals surface area contributed by atoms with Crippen molar-refractivity contribution in [2.24, 2.45) is 0 Å². The molecule has 0 saturated carbocycles. The quantitative estimate of drug-likeness (QED) is 0.221. The monoisotopic (exact) mass is 593 g/mol. The van der Waals surface area contributed by atoms with Gasteiger partial charge in [-0.1, -0.05) is 6.92 Å². The lowest BCUT2D eigenvalue weighted by molar-refractivity contribution is -0.137. The van der Waals surface area contributed by atoms with Crippen LogP contribution in [-0.2, 0) is 12.6 Å². The maximum absolute atomic E-state index is 15.0. The van der Waals surface area contributed by atoms with Crippen LogP contribution in [0.3, 0.4) is 0 Å². The highest BCUT2D eigenvalue weighted by atomic mass is 19.4. The van der Waals surface area contributed by atoms with Gasteiger partial charge in [0.15, 0.2) is 0 Å². The number of aryl methyl sites for hydroxylation is 1. The molecule has 7 nitrogen and oxygen atoms in total. The number of alkyl halides is 3. The van der Waals surface area contributed by atoms with E-state index in [0.29, 0.717) is 17.8 Å². The normalized spacial score (nSPS) is 15.4. The van der Waals surface area contributed by atoms with Crippen molar-refractivity contribution in [2.75, 3.05) is 37.4 Å². The molecule has 1 aliphatic heterocycles. The molecule has 224 valence electrons. The number of ether oxygens (including phenoxy) is 1. The minimum absolute atomic E-state index is 0.0345. The zero-order valence-electron chi connectivity index (χ0n) is 24.0. The third-order valence-corrected chi connectivity index (χ3v) is 7.52. The molecule has 1 saturated heterocycles. The molecule has 0 radical (unpaired) electrons. The third kappa shape index (κ3) is 6.77. The van der Waals surface area contributed by atoms with E-state index in [9.17, 15) is 22.4 Å². The van der Waals surface area contributed by atoms with Crippen molar-refractivity contribution in [3.8, 4) is 22.8 Å². The minimum Gasteiger partial charge on any atom is -0.438 e. The van der Waals surface area contributed by atoms with E-state index in [0.717, 1.165) is 48.8 Å². The summed E-state index contributed by atoms with van der Waals surface area (Å²) in [5.41, 5.74) is 1.39. The topological polar surface area (TPSA) is 70.6 Å². The number of benzene rings is 2. The number of nitrogens with zero attached hydrogens (tertiary/aromatic N) is 4. The number of carbonyl (C=O) groups is 1. The van der Waals surface area contributed by atoms with Crippen LogP contribution in [0.5, 0.6) is 11.6 Å². The maximum Gasteiger partial charge on any atom is 0.416 e. The fraction of sp³-hybridized carbons (Fsp3) is 0.281. The fourth-order valence-corrected chi connectivity index (χ4v) is 5.12. The molecule has 0 spiro atoms.